The highest BCUT2D eigenvalue weighted by Gasteiger charge is 2.34. The van der Waals surface area contributed by atoms with Crippen molar-refractivity contribution in [2.75, 3.05) is 26.8 Å². The van der Waals surface area contributed by atoms with Crippen molar-refractivity contribution in [2.24, 2.45) is 0 Å². The number of hydrogen-bond donors (Lipinski definition) is 0. The summed E-state index contributed by atoms with van der Waals surface area (Å²) >= 11 is 0. The summed E-state index contributed by atoms with van der Waals surface area (Å²) in [6, 6.07) is 7.59. The summed E-state index contributed by atoms with van der Waals surface area (Å²) in [7, 11) is 1.56. The highest BCUT2D eigenvalue weighted by atomic mass is 16.7. The van der Waals surface area contributed by atoms with E-state index in [1.165, 1.54) is 5.56 Å². The summed E-state index contributed by atoms with van der Waals surface area (Å²) in [4.78, 5) is 7.26. The van der Waals surface area contributed by atoms with E-state index >= 15 is 0 Å². The van der Waals surface area contributed by atoms with Crippen LogP contribution in [0.5, 0.6) is 11.6 Å². The van der Waals surface area contributed by atoms with Gasteiger partial charge < -0.3 is 23.5 Å². The van der Waals surface area contributed by atoms with Crippen LogP contribution in [0, 0.1) is 6.92 Å². The number of aryl methyl sites for hydroxylation is 1. The van der Waals surface area contributed by atoms with Crippen molar-refractivity contribution in [3.05, 3.63) is 47.0 Å². The van der Waals surface area contributed by atoms with Crippen molar-refractivity contribution >= 4 is 5.65 Å². The molecule has 12 heteroatoms. The maximum Gasteiger partial charge on any atom is 0.236 e. The van der Waals surface area contributed by atoms with Gasteiger partial charge in [-0.1, -0.05) is 11.2 Å². The highest BCUT2D eigenvalue weighted by molar-refractivity contribution is 5.60. The Morgan fingerprint density at radius 2 is 2.08 bits per heavy atom. The summed E-state index contributed by atoms with van der Waals surface area (Å²) in [5, 5.41) is 17.0. The van der Waals surface area contributed by atoms with Gasteiger partial charge in [0.15, 0.2) is 17.2 Å². The molecule has 2 aliphatic rings. The minimum absolute atomic E-state index is 0.0959. The van der Waals surface area contributed by atoms with Gasteiger partial charge >= 0.3 is 0 Å². The first-order chi connectivity index (χ1) is 17.9. The molecule has 12 nitrogen and oxygen atoms in total. The van der Waals surface area contributed by atoms with Crippen LogP contribution in [0.2, 0.25) is 0 Å². The maximum absolute atomic E-state index is 6.01. The molecule has 0 bridgehead atoms. The van der Waals surface area contributed by atoms with Gasteiger partial charge in [0.1, 0.15) is 12.4 Å². The van der Waals surface area contributed by atoms with Crippen molar-refractivity contribution in [3.8, 4) is 23.1 Å². The SMILES string of the molecule is COc1cc(OCc2ccc3c(n2)CCN(CC2COC(C)(C)O2)C3)nn2c(-c3cc(C)on3)nnc12. The van der Waals surface area contributed by atoms with Crippen molar-refractivity contribution in [3.63, 3.8) is 0 Å². The Bertz CT molecular complexity index is 1430. The molecule has 4 aromatic heterocycles. The zero-order valence-corrected chi connectivity index (χ0v) is 21.3. The molecule has 6 heterocycles. The fourth-order valence-electron chi connectivity index (χ4n) is 4.73. The summed E-state index contributed by atoms with van der Waals surface area (Å²) in [6.45, 7) is 9.24. The zero-order chi connectivity index (χ0) is 25.6. The molecule has 0 aliphatic carbocycles. The third-order valence-electron chi connectivity index (χ3n) is 6.47. The van der Waals surface area contributed by atoms with E-state index in [1.54, 1.807) is 23.8 Å². The maximum atomic E-state index is 6.01. The summed E-state index contributed by atoms with van der Waals surface area (Å²) in [6.07, 6.45) is 0.970. The van der Waals surface area contributed by atoms with Crippen LogP contribution in [0.15, 0.2) is 28.8 Å². The van der Waals surface area contributed by atoms with E-state index in [9.17, 15) is 0 Å². The Balaban J connectivity index is 1.15. The number of pyridine rings is 1. The molecule has 1 saturated heterocycles. The molecule has 4 aromatic rings. The number of aromatic nitrogens is 6. The quantitative estimate of drug-likeness (QED) is 0.367. The smallest absolute Gasteiger partial charge is 0.236 e. The predicted octanol–water partition coefficient (Wildman–Crippen LogP) is 2.58. The largest absolute Gasteiger partial charge is 0.493 e. The van der Waals surface area contributed by atoms with Gasteiger partial charge in [-0.3, -0.25) is 9.88 Å². The Morgan fingerprint density at radius 1 is 1.19 bits per heavy atom. The fourth-order valence-corrected chi connectivity index (χ4v) is 4.73. The average molecular weight is 508 g/mol. The summed E-state index contributed by atoms with van der Waals surface area (Å²) in [5.41, 5.74) is 4.15. The van der Waals surface area contributed by atoms with Gasteiger partial charge in [-0.2, -0.15) is 4.52 Å². The van der Waals surface area contributed by atoms with Gasteiger partial charge in [0.05, 0.1) is 25.5 Å². The van der Waals surface area contributed by atoms with Crippen LogP contribution in [0.25, 0.3) is 17.2 Å². The minimum Gasteiger partial charge on any atom is -0.493 e. The number of rotatable bonds is 7. The molecule has 0 spiro atoms. The molecule has 1 atom stereocenters. The normalized spacial score (nSPS) is 19.3. The Labute approximate surface area is 213 Å². The van der Waals surface area contributed by atoms with Gasteiger partial charge in [-0.15, -0.1) is 15.3 Å². The lowest BCUT2D eigenvalue weighted by molar-refractivity contribution is -0.140. The molecule has 0 amide bonds. The molecule has 2 aliphatic heterocycles. The summed E-state index contributed by atoms with van der Waals surface area (Å²) < 4.78 is 29.9. The van der Waals surface area contributed by atoms with Crippen LogP contribution >= 0.6 is 0 Å². The zero-order valence-electron chi connectivity index (χ0n) is 21.3. The molecule has 1 fully saturated rings. The van der Waals surface area contributed by atoms with E-state index in [-0.39, 0.29) is 12.7 Å². The van der Waals surface area contributed by atoms with Crippen LogP contribution in [0.4, 0.5) is 0 Å². The second-order valence-electron chi connectivity index (χ2n) is 9.77. The molecule has 194 valence electrons. The number of ether oxygens (including phenoxy) is 4. The Morgan fingerprint density at radius 3 is 2.84 bits per heavy atom. The predicted molar refractivity (Wildman–Crippen MR) is 130 cm³/mol. The number of methoxy groups -OCH3 is 1. The van der Waals surface area contributed by atoms with Gasteiger partial charge in [-0.05, 0) is 32.4 Å². The molecule has 37 heavy (non-hydrogen) atoms. The van der Waals surface area contributed by atoms with Crippen LogP contribution in [-0.2, 0) is 29.0 Å². The molecule has 0 aromatic carbocycles. The molecule has 6 rings (SSSR count). The first kappa shape index (κ1) is 23.8. The Kier molecular flexibility index (Phi) is 6.01. The molecule has 0 radical (unpaired) electrons. The van der Waals surface area contributed by atoms with Crippen molar-refractivity contribution in [1.82, 2.24) is 34.9 Å². The van der Waals surface area contributed by atoms with E-state index < -0.39 is 5.79 Å². The molecular weight excluding hydrogens is 478 g/mol. The van der Waals surface area contributed by atoms with Crippen LogP contribution < -0.4 is 9.47 Å². The van der Waals surface area contributed by atoms with Gasteiger partial charge in [0.25, 0.3) is 0 Å². The minimum atomic E-state index is -0.497. The van der Waals surface area contributed by atoms with Crippen LogP contribution in [0.1, 0.15) is 36.6 Å². The molecule has 0 N–H and O–H groups in total. The van der Waals surface area contributed by atoms with Crippen molar-refractivity contribution in [1.29, 1.82) is 0 Å². The third kappa shape index (κ3) is 4.87. The monoisotopic (exact) mass is 507 g/mol. The number of nitrogens with zero attached hydrogens (tertiary/aromatic N) is 7. The average Bonchev–Trinajstić information content (AvgIpc) is 3.59. The standard InChI is InChI=1S/C25H29N7O5/c1-15-9-20(30-37-15)23-27-28-24-21(33-4)10-22(29-32(23)24)34-13-17-6-5-16-11-31(8-7-19(16)26-17)12-18-14-35-25(2,3)36-18/h5-6,9-10,18H,7-8,11-14H2,1-4H3. The second-order valence-corrected chi connectivity index (χ2v) is 9.77. The van der Waals surface area contributed by atoms with E-state index in [4.69, 9.17) is 28.5 Å². The molecular formula is C25H29N7O5. The fraction of sp³-hybridized carbons (Fsp3) is 0.480. The van der Waals surface area contributed by atoms with E-state index in [2.05, 4.69) is 31.4 Å². The van der Waals surface area contributed by atoms with Gasteiger partial charge in [-0.25, -0.2) is 0 Å². The second kappa shape index (κ2) is 9.36. The number of hydrogen-bond acceptors (Lipinski definition) is 11. The van der Waals surface area contributed by atoms with Crippen molar-refractivity contribution < 1.29 is 23.5 Å². The lowest BCUT2D eigenvalue weighted by Gasteiger charge is -2.30. The van der Waals surface area contributed by atoms with Crippen molar-refractivity contribution in [2.45, 2.75) is 52.2 Å². The third-order valence-corrected chi connectivity index (χ3v) is 6.47. The molecule has 0 saturated carbocycles. The van der Waals surface area contributed by atoms with E-state index in [1.807, 2.05) is 26.8 Å². The Hall–Kier alpha value is -3.61. The van der Waals surface area contributed by atoms with Gasteiger partial charge in [0.2, 0.25) is 17.4 Å². The lowest BCUT2D eigenvalue weighted by atomic mass is 10.0. The van der Waals surface area contributed by atoms with Crippen LogP contribution in [0.3, 0.4) is 0 Å². The highest BCUT2D eigenvalue weighted by Crippen LogP contribution is 2.27. The van der Waals surface area contributed by atoms with E-state index in [0.717, 1.165) is 37.4 Å². The lowest BCUT2D eigenvalue weighted by Crippen LogP contribution is -2.38. The van der Waals surface area contributed by atoms with Crippen LogP contribution in [-0.4, -0.2) is 73.5 Å². The van der Waals surface area contributed by atoms with Gasteiger partial charge in [0, 0.05) is 43.9 Å². The molecule has 1 unspecified atom stereocenters. The topological polar surface area (TPSA) is 122 Å². The first-order valence-electron chi connectivity index (χ1n) is 12.3. The first-order valence-corrected chi connectivity index (χ1v) is 12.3. The number of fused-ring (bicyclic) bond motifs is 2. The summed E-state index contributed by atoms with van der Waals surface area (Å²) in [5.74, 6) is 1.45. The van der Waals surface area contributed by atoms with E-state index in [0.29, 0.717) is 41.2 Å².